The molecule has 1 unspecified atom stereocenters. The average Bonchev–Trinajstić information content (AvgIpc) is 3.42. The van der Waals surface area contributed by atoms with Crippen molar-refractivity contribution in [3.63, 3.8) is 0 Å². The number of epoxide rings is 1. The highest BCUT2D eigenvalue weighted by Crippen LogP contribution is 2.32. The molecule has 1 aliphatic heterocycles. The van der Waals surface area contributed by atoms with Gasteiger partial charge in [-0.2, -0.15) is 0 Å². The fourth-order valence-corrected chi connectivity index (χ4v) is 2.26. The number of halogens is 1. The van der Waals surface area contributed by atoms with Crippen molar-refractivity contribution in [1.82, 2.24) is 0 Å². The molecule has 0 bridgehead atoms. The molecule has 1 fully saturated rings. The van der Waals surface area contributed by atoms with Gasteiger partial charge in [0.1, 0.15) is 18.3 Å². The molecule has 1 aliphatic rings. The van der Waals surface area contributed by atoms with Crippen molar-refractivity contribution in [2.45, 2.75) is 25.4 Å². The normalized spacial score (nSPS) is 15.4. The second kappa shape index (κ2) is 9.30. The Kier molecular flexibility index (Phi) is 7.75. The maximum Gasteiger partial charge on any atom is 0.115 e. The number of aromatic hydroxyl groups is 2. The van der Waals surface area contributed by atoms with Gasteiger partial charge in [-0.05, 0) is 35.4 Å². The molecule has 24 heavy (non-hydrogen) atoms. The highest BCUT2D eigenvalue weighted by atomic mass is 35.5. The van der Waals surface area contributed by atoms with E-state index in [0.29, 0.717) is 12.0 Å². The third kappa shape index (κ3) is 5.87. The van der Waals surface area contributed by atoms with Crippen LogP contribution in [0.15, 0.2) is 48.5 Å². The van der Waals surface area contributed by atoms with Crippen molar-refractivity contribution in [3.8, 4) is 11.5 Å². The Hall–Kier alpha value is -2.04. The van der Waals surface area contributed by atoms with Crippen LogP contribution in [0.2, 0.25) is 0 Å². The zero-order chi connectivity index (χ0) is 18.2. The Morgan fingerprint density at radius 3 is 1.54 bits per heavy atom. The first-order chi connectivity index (χ1) is 11.4. The van der Waals surface area contributed by atoms with Crippen LogP contribution in [0.3, 0.4) is 0 Å². The summed E-state index contributed by atoms with van der Waals surface area (Å²) in [5.41, 5.74) is 2.10. The van der Waals surface area contributed by atoms with Crippen LogP contribution < -0.4 is 0 Å². The standard InChI is InChI=1S/C15H16O2.C3H5ClO.CH2O/c1-15(2,11-3-7-13(16)8-4-11)12-5-9-14(17)10-6-12;4-1-3-2-5-3;1-2/h3-10,16-17H,1-2H3;3H,1-2H2;1H2. The van der Waals surface area contributed by atoms with E-state index in [1.807, 2.05) is 31.1 Å². The lowest BCUT2D eigenvalue weighted by Crippen LogP contribution is -2.18. The van der Waals surface area contributed by atoms with Crippen LogP contribution in [0.25, 0.3) is 0 Å². The summed E-state index contributed by atoms with van der Waals surface area (Å²) >= 11 is 5.27. The van der Waals surface area contributed by atoms with Gasteiger partial charge >= 0.3 is 0 Å². The lowest BCUT2D eigenvalue weighted by molar-refractivity contribution is -0.0979. The number of alkyl halides is 1. The summed E-state index contributed by atoms with van der Waals surface area (Å²) in [6, 6.07) is 14.4. The Morgan fingerprint density at radius 2 is 1.33 bits per heavy atom. The van der Waals surface area contributed by atoms with Crippen LogP contribution in [0, 0.1) is 0 Å². The van der Waals surface area contributed by atoms with Crippen molar-refractivity contribution in [3.05, 3.63) is 59.7 Å². The van der Waals surface area contributed by atoms with E-state index in [4.69, 9.17) is 21.1 Å². The van der Waals surface area contributed by atoms with Crippen LogP contribution in [0.1, 0.15) is 25.0 Å². The molecule has 0 saturated carbocycles. The van der Waals surface area contributed by atoms with Gasteiger partial charge in [0.25, 0.3) is 0 Å². The number of benzene rings is 2. The number of ether oxygens (including phenoxy) is 1. The number of carbonyl (C=O) groups excluding carboxylic acids is 1. The first-order valence-corrected chi connectivity index (χ1v) is 8.02. The van der Waals surface area contributed by atoms with Crippen LogP contribution in [-0.2, 0) is 14.9 Å². The molecule has 130 valence electrons. The molecule has 0 amide bonds. The number of phenolic OH excluding ortho intramolecular Hbond substituents is 2. The molecule has 2 aromatic rings. The third-order valence-corrected chi connectivity index (χ3v) is 4.10. The topological polar surface area (TPSA) is 70.1 Å². The number of carbonyl (C=O) groups is 1. The second-order valence-electron chi connectivity index (χ2n) is 5.83. The summed E-state index contributed by atoms with van der Waals surface area (Å²) in [5.74, 6) is 1.21. The monoisotopic (exact) mass is 350 g/mol. The molecule has 5 heteroatoms. The van der Waals surface area contributed by atoms with E-state index in [1.165, 1.54) is 0 Å². The molecule has 2 aromatic carbocycles. The third-order valence-electron chi connectivity index (χ3n) is 3.75. The second-order valence-corrected chi connectivity index (χ2v) is 6.14. The van der Waals surface area contributed by atoms with Crippen molar-refractivity contribution < 1.29 is 19.7 Å². The van der Waals surface area contributed by atoms with Crippen LogP contribution in [0.5, 0.6) is 11.5 Å². The quantitative estimate of drug-likeness (QED) is 0.651. The summed E-state index contributed by atoms with van der Waals surface area (Å²) in [7, 11) is 0. The minimum absolute atomic E-state index is 0.151. The van der Waals surface area contributed by atoms with E-state index in [1.54, 1.807) is 24.3 Å². The molecular weight excluding hydrogens is 328 g/mol. The Balaban J connectivity index is 0.000000346. The fraction of sp³-hybridized carbons (Fsp3) is 0.316. The number of rotatable bonds is 3. The Morgan fingerprint density at radius 1 is 1.00 bits per heavy atom. The number of phenols is 2. The van der Waals surface area contributed by atoms with E-state index >= 15 is 0 Å². The lowest BCUT2D eigenvalue weighted by atomic mass is 9.78. The van der Waals surface area contributed by atoms with E-state index in [-0.39, 0.29) is 16.9 Å². The molecule has 2 N–H and O–H groups in total. The van der Waals surface area contributed by atoms with Gasteiger partial charge in [-0.1, -0.05) is 38.1 Å². The van der Waals surface area contributed by atoms with Gasteiger partial charge in [-0.3, -0.25) is 0 Å². The zero-order valence-electron chi connectivity index (χ0n) is 13.9. The lowest BCUT2D eigenvalue weighted by Gasteiger charge is -2.26. The summed E-state index contributed by atoms with van der Waals surface area (Å²) in [5, 5.41) is 18.6. The molecule has 1 atom stereocenters. The number of hydrogen-bond donors (Lipinski definition) is 2. The molecule has 0 aliphatic carbocycles. The minimum Gasteiger partial charge on any atom is -0.508 e. The maximum absolute atomic E-state index is 9.30. The fourth-order valence-electron chi connectivity index (χ4n) is 2.08. The predicted molar refractivity (Wildman–Crippen MR) is 95.9 cm³/mol. The summed E-state index contributed by atoms with van der Waals surface area (Å²) < 4.78 is 4.73. The van der Waals surface area contributed by atoms with Gasteiger partial charge in [0.05, 0.1) is 18.6 Å². The van der Waals surface area contributed by atoms with E-state index in [0.717, 1.165) is 17.7 Å². The first-order valence-electron chi connectivity index (χ1n) is 7.49. The van der Waals surface area contributed by atoms with Gasteiger partial charge in [0.15, 0.2) is 0 Å². The zero-order valence-corrected chi connectivity index (χ0v) is 14.7. The summed E-state index contributed by atoms with van der Waals surface area (Å²) in [4.78, 5) is 8.00. The van der Waals surface area contributed by atoms with Gasteiger partial charge in [-0.15, -0.1) is 11.6 Å². The molecule has 1 heterocycles. The molecule has 4 nitrogen and oxygen atoms in total. The molecular formula is C19H23ClO4. The molecule has 1 saturated heterocycles. The molecule has 0 radical (unpaired) electrons. The van der Waals surface area contributed by atoms with Gasteiger partial charge in [0.2, 0.25) is 0 Å². The van der Waals surface area contributed by atoms with Crippen molar-refractivity contribution in [2.24, 2.45) is 0 Å². The van der Waals surface area contributed by atoms with Crippen molar-refractivity contribution in [2.75, 3.05) is 12.5 Å². The van der Waals surface area contributed by atoms with Crippen LogP contribution in [-0.4, -0.2) is 35.6 Å². The van der Waals surface area contributed by atoms with Crippen molar-refractivity contribution >= 4 is 18.4 Å². The molecule has 0 aromatic heterocycles. The summed E-state index contributed by atoms with van der Waals surface area (Å²) in [6.07, 6.45) is 0.400. The van der Waals surface area contributed by atoms with E-state index < -0.39 is 0 Å². The highest BCUT2D eigenvalue weighted by molar-refractivity contribution is 6.18. The van der Waals surface area contributed by atoms with Gasteiger partial charge < -0.3 is 19.7 Å². The van der Waals surface area contributed by atoms with Crippen LogP contribution in [0.4, 0.5) is 0 Å². The largest absolute Gasteiger partial charge is 0.508 e. The van der Waals surface area contributed by atoms with Crippen molar-refractivity contribution in [1.29, 1.82) is 0 Å². The van der Waals surface area contributed by atoms with E-state index in [9.17, 15) is 10.2 Å². The minimum atomic E-state index is -0.151. The van der Waals surface area contributed by atoms with Crippen LogP contribution >= 0.6 is 11.6 Å². The molecule has 0 spiro atoms. The predicted octanol–water partition coefficient (Wildman–Crippen LogP) is 3.86. The Bertz CT molecular complexity index is 557. The SMILES string of the molecule is C=O.CC(C)(c1ccc(O)cc1)c1ccc(O)cc1.ClCC1CO1. The highest BCUT2D eigenvalue weighted by Gasteiger charge is 2.22. The smallest absolute Gasteiger partial charge is 0.115 e. The Labute approximate surface area is 147 Å². The van der Waals surface area contributed by atoms with E-state index in [2.05, 4.69) is 13.8 Å². The van der Waals surface area contributed by atoms with Gasteiger partial charge in [-0.25, -0.2) is 0 Å². The summed E-state index contributed by atoms with van der Waals surface area (Å²) in [6.45, 7) is 7.11. The maximum atomic E-state index is 9.30. The van der Waals surface area contributed by atoms with Gasteiger partial charge in [0, 0.05) is 5.41 Å². The average molecular weight is 351 g/mol. The first kappa shape index (κ1) is 20.0. The molecule has 3 rings (SSSR count). The number of hydrogen-bond acceptors (Lipinski definition) is 4.